The molecule has 1 fully saturated rings. The Kier molecular flexibility index (Phi) is 5.05. The van der Waals surface area contributed by atoms with Crippen LogP contribution in [0.3, 0.4) is 0 Å². The predicted molar refractivity (Wildman–Crippen MR) is 59.7 cm³/mol. The highest BCUT2D eigenvalue weighted by Crippen LogP contribution is 2.16. The fourth-order valence-electron chi connectivity index (χ4n) is 2.15. The molecule has 1 saturated heterocycles. The third-order valence-corrected chi connectivity index (χ3v) is 2.85. The van der Waals surface area contributed by atoms with Crippen molar-refractivity contribution in [2.75, 3.05) is 33.8 Å². The van der Waals surface area contributed by atoms with Crippen molar-refractivity contribution in [1.82, 2.24) is 10.2 Å². The molecule has 4 heteroatoms. The monoisotopic (exact) mass is 214 g/mol. The summed E-state index contributed by atoms with van der Waals surface area (Å²) in [5.74, 6) is -0.0482. The molecule has 1 N–H and O–H groups in total. The van der Waals surface area contributed by atoms with Gasteiger partial charge < -0.3 is 15.0 Å². The quantitative estimate of drug-likeness (QED) is 0.691. The molecular weight excluding hydrogens is 192 g/mol. The maximum absolute atomic E-state index is 11.5. The summed E-state index contributed by atoms with van der Waals surface area (Å²) in [6.45, 7) is 5.01. The number of carbonyl (C=O) groups is 1. The number of nitrogens with zero attached hydrogens (tertiary/aromatic N) is 1. The minimum absolute atomic E-state index is 0.0307. The number of likely N-dealkylation sites (N-methyl/N-ethyl adjacent to an activating group) is 1. The van der Waals surface area contributed by atoms with Crippen molar-refractivity contribution in [2.45, 2.75) is 25.8 Å². The number of rotatable bonds is 4. The van der Waals surface area contributed by atoms with Gasteiger partial charge in [-0.3, -0.25) is 4.79 Å². The first kappa shape index (κ1) is 12.5. The summed E-state index contributed by atoms with van der Waals surface area (Å²) in [4.78, 5) is 13.6. The highest BCUT2D eigenvalue weighted by Gasteiger charge is 2.30. The van der Waals surface area contributed by atoms with E-state index in [0.29, 0.717) is 6.04 Å². The molecule has 1 aliphatic rings. The van der Waals surface area contributed by atoms with Crippen molar-refractivity contribution < 1.29 is 9.53 Å². The Balaban J connectivity index is 2.44. The Labute approximate surface area is 92.0 Å². The molecule has 1 rings (SSSR count). The summed E-state index contributed by atoms with van der Waals surface area (Å²) in [5, 5.41) is 3.46. The molecule has 0 aromatic heterocycles. The van der Waals surface area contributed by atoms with Crippen LogP contribution in [-0.2, 0) is 9.53 Å². The van der Waals surface area contributed by atoms with Crippen LogP contribution in [0.2, 0.25) is 0 Å². The van der Waals surface area contributed by atoms with Crippen molar-refractivity contribution >= 4 is 5.97 Å². The van der Waals surface area contributed by atoms with Gasteiger partial charge in [0, 0.05) is 19.1 Å². The van der Waals surface area contributed by atoms with Crippen molar-refractivity contribution in [1.29, 1.82) is 0 Å². The number of ether oxygens (including phenoxy) is 1. The van der Waals surface area contributed by atoms with Gasteiger partial charge in [-0.15, -0.1) is 0 Å². The second-order valence-electron chi connectivity index (χ2n) is 4.33. The van der Waals surface area contributed by atoms with Crippen molar-refractivity contribution in [2.24, 2.45) is 5.92 Å². The molecule has 0 aliphatic carbocycles. The zero-order valence-electron chi connectivity index (χ0n) is 9.95. The minimum Gasteiger partial charge on any atom is -0.469 e. The van der Waals surface area contributed by atoms with E-state index in [-0.39, 0.29) is 11.9 Å². The average Bonchev–Trinajstić information content (AvgIpc) is 2.24. The van der Waals surface area contributed by atoms with E-state index >= 15 is 0 Å². The lowest BCUT2D eigenvalue weighted by molar-refractivity contribution is -0.147. The highest BCUT2D eigenvalue weighted by atomic mass is 16.5. The van der Waals surface area contributed by atoms with Crippen LogP contribution < -0.4 is 5.32 Å². The number of likely N-dealkylation sites (tertiary alicyclic amines) is 1. The minimum atomic E-state index is -0.0788. The number of hydrogen-bond acceptors (Lipinski definition) is 4. The molecule has 88 valence electrons. The molecule has 0 spiro atoms. The fourth-order valence-corrected chi connectivity index (χ4v) is 2.15. The Morgan fingerprint density at radius 2 is 2.27 bits per heavy atom. The van der Waals surface area contributed by atoms with Gasteiger partial charge in [0.2, 0.25) is 0 Å². The first-order valence-corrected chi connectivity index (χ1v) is 5.67. The summed E-state index contributed by atoms with van der Waals surface area (Å²) in [6, 6.07) is 0.424. The fraction of sp³-hybridized carbons (Fsp3) is 0.909. The number of nitrogens with one attached hydrogen (secondary N) is 1. The van der Waals surface area contributed by atoms with E-state index in [0.717, 1.165) is 32.5 Å². The van der Waals surface area contributed by atoms with Gasteiger partial charge in [-0.25, -0.2) is 0 Å². The van der Waals surface area contributed by atoms with E-state index in [2.05, 4.69) is 24.2 Å². The summed E-state index contributed by atoms with van der Waals surface area (Å²) in [6.07, 6.45) is 2.03. The van der Waals surface area contributed by atoms with Gasteiger partial charge in [0.15, 0.2) is 0 Å². The summed E-state index contributed by atoms with van der Waals surface area (Å²) >= 11 is 0. The maximum atomic E-state index is 11.5. The van der Waals surface area contributed by atoms with Crippen LogP contribution in [0.4, 0.5) is 0 Å². The van der Waals surface area contributed by atoms with Gasteiger partial charge in [-0.05, 0) is 26.4 Å². The molecule has 0 aromatic rings. The molecule has 0 saturated carbocycles. The topological polar surface area (TPSA) is 41.6 Å². The molecule has 0 amide bonds. The smallest absolute Gasteiger partial charge is 0.310 e. The van der Waals surface area contributed by atoms with Gasteiger partial charge in [0.1, 0.15) is 0 Å². The van der Waals surface area contributed by atoms with Crippen LogP contribution in [0, 0.1) is 5.92 Å². The highest BCUT2D eigenvalue weighted by molar-refractivity contribution is 5.72. The lowest BCUT2D eigenvalue weighted by Gasteiger charge is -2.34. The molecule has 2 atom stereocenters. The predicted octanol–water partition coefficient (Wildman–Crippen LogP) is 0.479. The maximum Gasteiger partial charge on any atom is 0.310 e. The molecule has 0 bridgehead atoms. The number of methoxy groups -OCH3 is 1. The number of hydrogen-bond donors (Lipinski definition) is 1. The standard InChI is InChI=1S/C11H22N2O2/c1-4-5-12-10-6-9(11(14)15-3)7-13(2)8-10/h9-10,12H,4-8H2,1-3H3. The summed E-state index contributed by atoms with van der Waals surface area (Å²) in [5.41, 5.74) is 0. The zero-order chi connectivity index (χ0) is 11.3. The van der Waals surface area contributed by atoms with Gasteiger partial charge in [-0.1, -0.05) is 6.92 Å². The SMILES string of the molecule is CCCNC1CC(C(=O)OC)CN(C)C1. The van der Waals surface area contributed by atoms with E-state index in [4.69, 9.17) is 4.74 Å². The van der Waals surface area contributed by atoms with E-state index in [1.807, 2.05) is 0 Å². The molecule has 4 nitrogen and oxygen atoms in total. The van der Waals surface area contributed by atoms with Crippen molar-refractivity contribution in [3.63, 3.8) is 0 Å². The van der Waals surface area contributed by atoms with Crippen LogP contribution in [0.5, 0.6) is 0 Å². The lowest BCUT2D eigenvalue weighted by Crippen LogP contribution is -2.49. The molecular formula is C11H22N2O2. The Bertz CT molecular complexity index is 209. The molecule has 1 heterocycles. The van der Waals surface area contributed by atoms with Gasteiger partial charge >= 0.3 is 5.97 Å². The van der Waals surface area contributed by atoms with Gasteiger partial charge in [-0.2, -0.15) is 0 Å². The van der Waals surface area contributed by atoms with Crippen molar-refractivity contribution in [3.8, 4) is 0 Å². The Morgan fingerprint density at radius 3 is 2.87 bits per heavy atom. The zero-order valence-corrected chi connectivity index (χ0v) is 9.95. The van der Waals surface area contributed by atoms with Crippen LogP contribution in [0.25, 0.3) is 0 Å². The molecule has 15 heavy (non-hydrogen) atoms. The number of esters is 1. The van der Waals surface area contributed by atoms with Crippen LogP contribution >= 0.6 is 0 Å². The third kappa shape index (κ3) is 3.80. The number of carbonyl (C=O) groups excluding carboxylic acids is 1. The number of piperidine rings is 1. The first-order valence-electron chi connectivity index (χ1n) is 5.67. The van der Waals surface area contributed by atoms with Gasteiger partial charge in [0.25, 0.3) is 0 Å². The third-order valence-electron chi connectivity index (χ3n) is 2.85. The van der Waals surface area contributed by atoms with Crippen molar-refractivity contribution in [3.05, 3.63) is 0 Å². The van der Waals surface area contributed by atoms with E-state index < -0.39 is 0 Å². The Morgan fingerprint density at radius 1 is 1.53 bits per heavy atom. The Hall–Kier alpha value is -0.610. The van der Waals surface area contributed by atoms with Crippen LogP contribution in [0.15, 0.2) is 0 Å². The normalized spacial score (nSPS) is 27.7. The largest absolute Gasteiger partial charge is 0.469 e. The molecule has 2 unspecified atom stereocenters. The lowest BCUT2D eigenvalue weighted by atomic mass is 9.94. The van der Waals surface area contributed by atoms with Crippen LogP contribution in [-0.4, -0.2) is 50.7 Å². The second-order valence-corrected chi connectivity index (χ2v) is 4.33. The van der Waals surface area contributed by atoms with E-state index in [9.17, 15) is 4.79 Å². The van der Waals surface area contributed by atoms with Crippen LogP contribution in [0.1, 0.15) is 19.8 Å². The summed E-state index contributed by atoms with van der Waals surface area (Å²) in [7, 11) is 3.52. The molecule has 0 aromatic carbocycles. The van der Waals surface area contributed by atoms with Gasteiger partial charge in [0.05, 0.1) is 13.0 Å². The average molecular weight is 214 g/mol. The first-order chi connectivity index (χ1) is 7.17. The van der Waals surface area contributed by atoms with E-state index in [1.165, 1.54) is 7.11 Å². The molecule has 0 radical (unpaired) electrons. The molecule has 1 aliphatic heterocycles. The van der Waals surface area contributed by atoms with E-state index in [1.54, 1.807) is 0 Å². The summed E-state index contributed by atoms with van der Waals surface area (Å²) < 4.78 is 4.80. The second kappa shape index (κ2) is 6.08.